The second-order valence-electron chi connectivity index (χ2n) is 5.61. The monoisotopic (exact) mass is 272 g/mol. The predicted molar refractivity (Wildman–Crippen MR) is 74.8 cm³/mol. The van der Waals surface area contributed by atoms with E-state index in [0.717, 1.165) is 11.3 Å². The van der Waals surface area contributed by atoms with Crippen LogP contribution in [0.3, 0.4) is 0 Å². The van der Waals surface area contributed by atoms with Gasteiger partial charge in [0, 0.05) is 24.5 Å². The Kier molecular flexibility index (Phi) is 3.86. The molecule has 0 aliphatic rings. The number of hydrogen-bond donors (Lipinski definition) is 1. The van der Waals surface area contributed by atoms with Gasteiger partial charge in [-0.05, 0) is 44.5 Å². The standard InChI is InChI=1S/C15H17FN4/c1-15(2,3)19-10-11-8-12(16)4-5-13(11)20-7-6-18-14(20)9-17/h4-8,19H,10H2,1-3H3. The van der Waals surface area contributed by atoms with Crippen LogP contribution in [0.25, 0.3) is 5.69 Å². The molecule has 0 amide bonds. The van der Waals surface area contributed by atoms with Gasteiger partial charge in [0.2, 0.25) is 5.82 Å². The van der Waals surface area contributed by atoms with Crippen molar-refractivity contribution in [3.05, 3.63) is 47.8 Å². The van der Waals surface area contributed by atoms with E-state index in [1.54, 1.807) is 23.0 Å². The number of imidazole rings is 1. The lowest BCUT2D eigenvalue weighted by Gasteiger charge is -2.22. The Morgan fingerprint density at radius 2 is 2.15 bits per heavy atom. The summed E-state index contributed by atoms with van der Waals surface area (Å²) in [5.74, 6) is -0.00769. The van der Waals surface area contributed by atoms with E-state index in [4.69, 9.17) is 5.26 Å². The predicted octanol–water partition coefficient (Wildman–Crippen LogP) is 2.77. The second kappa shape index (κ2) is 5.43. The molecule has 4 nitrogen and oxygen atoms in total. The van der Waals surface area contributed by atoms with Crippen LogP contribution in [0.4, 0.5) is 4.39 Å². The lowest BCUT2D eigenvalue weighted by Crippen LogP contribution is -2.35. The Morgan fingerprint density at radius 3 is 2.80 bits per heavy atom. The third-order valence-electron chi connectivity index (χ3n) is 2.85. The van der Waals surface area contributed by atoms with Gasteiger partial charge < -0.3 is 5.32 Å². The van der Waals surface area contributed by atoms with Gasteiger partial charge in [-0.2, -0.15) is 5.26 Å². The maximum atomic E-state index is 13.5. The summed E-state index contributed by atoms with van der Waals surface area (Å²) in [6.07, 6.45) is 3.26. The van der Waals surface area contributed by atoms with E-state index in [1.165, 1.54) is 12.1 Å². The number of benzene rings is 1. The molecular formula is C15H17FN4. The van der Waals surface area contributed by atoms with Gasteiger partial charge in [-0.1, -0.05) is 0 Å². The van der Waals surface area contributed by atoms with Crippen LogP contribution in [0.5, 0.6) is 0 Å². The van der Waals surface area contributed by atoms with Gasteiger partial charge in [-0.25, -0.2) is 9.37 Å². The van der Waals surface area contributed by atoms with E-state index in [2.05, 4.69) is 10.3 Å². The summed E-state index contributed by atoms with van der Waals surface area (Å²) in [5, 5.41) is 12.4. The fourth-order valence-corrected chi connectivity index (χ4v) is 1.87. The molecule has 0 aliphatic heterocycles. The summed E-state index contributed by atoms with van der Waals surface area (Å²) in [5.41, 5.74) is 1.47. The van der Waals surface area contributed by atoms with Crippen molar-refractivity contribution in [2.24, 2.45) is 0 Å². The maximum absolute atomic E-state index is 13.5. The van der Waals surface area contributed by atoms with Crippen molar-refractivity contribution in [1.82, 2.24) is 14.9 Å². The SMILES string of the molecule is CC(C)(C)NCc1cc(F)ccc1-n1ccnc1C#N. The quantitative estimate of drug-likeness (QED) is 0.934. The number of nitrogens with one attached hydrogen (secondary N) is 1. The summed E-state index contributed by atoms with van der Waals surface area (Å²) in [4.78, 5) is 3.97. The van der Waals surface area contributed by atoms with Crippen LogP contribution in [0, 0.1) is 17.1 Å². The van der Waals surface area contributed by atoms with Gasteiger partial charge in [0.05, 0.1) is 5.69 Å². The van der Waals surface area contributed by atoms with Gasteiger partial charge in [-0.3, -0.25) is 4.57 Å². The lowest BCUT2D eigenvalue weighted by molar-refractivity contribution is 0.423. The van der Waals surface area contributed by atoms with Crippen LogP contribution < -0.4 is 5.32 Å². The topological polar surface area (TPSA) is 53.6 Å². The highest BCUT2D eigenvalue weighted by atomic mass is 19.1. The van der Waals surface area contributed by atoms with E-state index in [0.29, 0.717) is 6.54 Å². The number of hydrogen-bond acceptors (Lipinski definition) is 3. The molecule has 0 fully saturated rings. The summed E-state index contributed by atoms with van der Waals surface area (Å²) in [7, 11) is 0. The van der Waals surface area contributed by atoms with E-state index < -0.39 is 0 Å². The van der Waals surface area contributed by atoms with Crippen LogP contribution in [0.2, 0.25) is 0 Å². The molecule has 1 aromatic heterocycles. The summed E-state index contributed by atoms with van der Waals surface area (Å²) >= 11 is 0. The van der Waals surface area contributed by atoms with Crippen LogP contribution in [-0.2, 0) is 6.54 Å². The highest BCUT2D eigenvalue weighted by Gasteiger charge is 2.13. The van der Waals surface area contributed by atoms with E-state index in [1.807, 2.05) is 26.8 Å². The molecule has 1 aromatic carbocycles. The van der Waals surface area contributed by atoms with Gasteiger partial charge in [0.1, 0.15) is 11.9 Å². The Balaban J connectivity index is 2.41. The fourth-order valence-electron chi connectivity index (χ4n) is 1.87. The average molecular weight is 272 g/mol. The van der Waals surface area contributed by atoms with Gasteiger partial charge in [0.25, 0.3) is 0 Å². The molecule has 0 unspecified atom stereocenters. The molecule has 20 heavy (non-hydrogen) atoms. The smallest absolute Gasteiger partial charge is 0.217 e. The van der Waals surface area contributed by atoms with Gasteiger partial charge in [0.15, 0.2) is 0 Å². The zero-order chi connectivity index (χ0) is 14.8. The number of aromatic nitrogens is 2. The molecule has 0 atom stereocenters. The third-order valence-corrected chi connectivity index (χ3v) is 2.85. The maximum Gasteiger partial charge on any atom is 0.217 e. The molecule has 2 aromatic rings. The first-order chi connectivity index (χ1) is 9.40. The van der Waals surface area contributed by atoms with Crippen molar-refractivity contribution in [2.45, 2.75) is 32.9 Å². The Labute approximate surface area is 117 Å². The minimum atomic E-state index is -0.293. The summed E-state index contributed by atoms with van der Waals surface area (Å²) in [6, 6.07) is 6.56. The Bertz CT molecular complexity index is 647. The van der Waals surface area contributed by atoms with E-state index >= 15 is 0 Å². The first-order valence-electron chi connectivity index (χ1n) is 6.38. The highest BCUT2D eigenvalue weighted by molar-refractivity contribution is 5.44. The zero-order valence-electron chi connectivity index (χ0n) is 11.8. The largest absolute Gasteiger partial charge is 0.308 e. The minimum absolute atomic E-state index is 0.0728. The summed E-state index contributed by atoms with van der Waals surface area (Å²) in [6.45, 7) is 6.65. The highest BCUT2D eigenvalue weighted by Crippen LogP contribution is 2.18. The number of rotatable bonds is 3. The van der Waals surface area contributed by atoms with Crippen LogP contribution >= 0.6 is 0 Å². The first kappa shape index (κ1) is 14.2. The van der Waals surface area contributed by atoms with Crippen molar-refractivity contribution >= 4 is 0 Å². The number of nitrogens with zero attached hydrogens (tertiary/aromatic N) is 3. The summed E-state index contributed by atoms with van der Waals surface area (Å²) < 4.78 is 15.1. The van der Waals surface area contributed by atoms with Crippen molar-refractivity contribution < 1.29 is 4.39 Å². The Hall–Kier alpha value is -2.19. The fraction of sp³-hybridized carbons (Fsp3) is 0.333. The van der Waals surface area contributed by atoms with Crippen LogP contribution in [0.1, 0.15) is 32.2 Å². The Morgan fingerprint density at radius 1 is 1.40 bits per heavy atom. The van der Waals surface area contributed by atoms with Crippen molar-refractivity contribution in [3.8, 4) is 11.8 Å². The molecule has 1 heterocycles. The molecule has 2 rings (SSSR count). The molecule has 0 saturated heterocycles. The van der Waals surface area contributed by atoms with Crippen LogP contribution in [0.15, 0.2) is 30.6 Å². The van der Waals surface area contributed by atoms with Gasteiger partial charge >= 0.3 is 0 Å². The zero-order valence-corrected chi connectivity index (χ0v) is 11.8. The first-order valence-corrected chi connectivity index (χ1v) is 6.38. The molecule has 0 bridgehead atoms. The third kappa shape index (κ3) is 3.22. The normalized spacial score (nSPS) is 11.3. The van der Waals surface area contributed by atoms with E-state index in [-0.39, 0.29) is 17.2 Å². The van der Waals surface area contributed by atoms with Crippen LogP contribution in [-0.4, -0.2) is 15.1 Å². The molecule has 0 spiro atoms. The van der Waals surface area contributed by atoms with E-state index in [9.17, 15) is 4.39 Å². The van der Waals surface area contributed by atoms with Crippen molar-refractivity contribution in [3.63, 3.8) is 0 Å². The van der Waals surface area contributed by atoms with Gasteiger partial charge in [-0.15, -0.1) is 0 Å². The molecule has 0 radical (unpaired) electrons. The molecule has 5 heteroatoms. The number of nitriles is 1. The molecule has 0 aliphatic carbocycles. The van der Waals surface area contributed by atoms with Crippen molar-refractivity contribution in [1.29, 1.82) is 5.26 Å². The molecule has 1 N–H and O–H groups in total. The second-order valence-corrected chi connectivity index (χ2v) is 5.61. The molecule has 0 saturated carbocycles. The lowest BCUT2D eigenvalue weighted by atomic mass is 10.1. The number of halogens is 1. The molecule has 104 valence electrons. The average Bonchev–Trinajstić information content (AvgIpc) is 2.83. The minimum Gasteiger partial charge on any atom is -0.308 e. The van der Waals surface area contributed by atoms with Crippen molar-refractivity contribution in [2.75, 3.05) is 0 Å². The molecular weight excluding hydrogens is 255 g/mol.